The van der Waals surface area contributed by atoms with Gasteiger partial charge >= 0.3 is 0 Å². The van der Waals surface area contributed by atoms with Crippen molar-refractivity contribution in [3.8, 4) is 0 Å². The highest BCUT2D eigenvalue weighted by molar-refractivity contribution is 5.83. The first kappa shape index (κ1) is 25.9. The molecule has 11 heteroatoms. The Balaban J connectivity index is 1.17. The van der Waals surface area contributed by atoms with Gasteiger partial charge in [0, 0.05) is 70.0 Å². The molecule has 2 fully saturated rings. The van der Waals surface area contributed by atoms with Gasteiger partial charge < -0.3 is 14.8 Å². The van der Waals surface area contributed by atoms with E-state index in [-0.39, 0.29) is 18.2 Å². The van der Waals surface area contributed by atoms with Gasteiger partial charge in [0.25, 0.3) is 0 Å². The summed E-state index contributed by atoms with van der Waals surface area (Å²) in [6.45, 7) is 5.26. The number of aliphatic imine (C=N–C) groups is 1. The van der Waals surface area contributed by atoms with Crippen LogP contribution in [-0.2, 0) is 22.6 Å². The lowest BCUT2D eigenvalue weighted by molar-refractivity contribution is 0.0332. The average molecular weight is 536 g/mol. The molecule has 2 unspecified atom stereocenters. The van der Waals surface area contributed by atoms with E-state index in [1.165, 1.54) is 12.1 Å². The molecule has 39 heavy (non-hydrogen) atoms. The molecule has 2 atom stereocenters. The van der Waals surface area contributed by atoms with Gasteiger partial charge in [0.15, 0.2) is 0 Å². The Morgan fingerprint density at radius 2 is 1.87 bits per heavy atom. The SMILES string of the molecule is COC1CCN(Cc2cc(Nc3ncc4c(n3)C(c3cc(F)c(CN5CCOCC5)c(F)c3)C=N4)ccn2)C1. The Labute approximate surface area is 225 Å². The molecule has 0 saturated carbocycles. The number of hydrogen-bond acceptors (Lipinski definition) is 9. The standard InChI is InChI=1S/C28H31F2N7O2/c1-38-21-3-5-37(16-21)15-20-12-19(2-4-31-20)34-28-33-14-26-27(35-28)22(13-32-26)18-10-24(29)23(25(30)11-18)17-36-6-8-39-9-7-36/h2,4,10-14,21-22H,3,5-9,15-17H2,1H3,(H,31,33,34,35). The molecule has 0 aliphatic carbocycles. The van der Waals surface area contributed by atoms with Gasteiger partial charge in [-0.15, -0.1) is 0 Å². The van der Waals surface area contributed by atoms with E-state index in [4.69, 9.17) is 9.47 Å². The maximum atomic E-state index is 15.1. The zero-order valence-corrected chi connectivity index (χ0v) is 21.8. The number of morpholine rings is 1. The third-order valence-corrected chi connectivity index (χ3v) is 7.48. The first-order chi connectivity index (χ1) is 19.1. The van der Waals surface area contributed by atoms with Crippen molar-refractivity contribution in [1.82, 2.24) is 24.8 Å². The van der Waals surface area contributed by atoms with E-state index < -0.39 is 17.6 Å². The highest BCUT2D eigenvalue weighted by atomic mass is 19.1. The summed E-state index contributed by atoms with van der Waals surface area (Å²) >= 11 is 0. The van der Waals surface area contributed by atoms with Crippen LogP contribution in [0.5, 0.6) is 0 Å². The Bertz CT molecular complexity index is 1340. The van der Waals surface area contributed by atoms with Crippen molar-refractivity contribution in [3.05, 3.63) is 70.8 Å². The van der Waals surface area contributed by atoms with Gasteiger partial charge in [0.05, 0.1) is 42.8 Å². The van der Waals surface area contributed by atoms with Crippen LogP contribution < -0.4 is 5.32 Å². The summed E-state index contributed by atoms with van der Waals surface area (Å²) in [6.07, 6.45) is 6.32. The molecule has 2 aromatic heterocycles. The molecule has 0 spiro atoms. The first-order valence-corrected chi connectivity index (χ1v) is 13.2. The van der Waals surface area contributed by atoms with Gasteiger partial charge in [-0.05, 0) is 36.2 Å². The van der Waals surface area contributed by atoms with E-state index in [0.717, 1.165) is 37.4 Å². The Morgan fingerprint density at radius 1 is 1.05 bits per heavy atom. The molecular formula is C28H31F2N7O2. The third-order valence-electron chi connectivity index (χ3n) is 7.48. The molecule has 5 heterocycles. The second-order valence-corrected chi connectivity index (χ2v) is 10.1. The molecule has 3 aromatic rings. The number of ether oxygens (including phenoxy) is 2. The van der Waals surface area contributed by atoms with Crippen molar-refractivity contribution in [1.29, 1.82) is 0 Å². The number of pyridine rings is 1. The zero-order chi connectivity index (χ0) is 26.8. The lowest BCUT2D eigenvalue weighted by Crippen LogP contribution is -2.36. The average Bonchev–Trinajstić information content (AvgIpc) is 3.58. The van der Waals surface area contributed by atoms with Gasteiger partial charge in [-0.1, -0.05) is 0 Å². The van der Waals surface area contributed by atoms with E-state index in [1.807, 2.05) is 17.0 Å². The Kier molecular flexibility index (Phi) is 7.55. The van der Waals surface area contributed by atoms with Crippen LogP contribution in [0.3, 0.4) is 0 Å². The number of hydrogen-bond donors (Lipinski definition) is 1. The lowest BCUT2D eigenvalue weighted by Gasteiger charge is -2.27. The molecule has 6 rings (SSSR count). The minimum atomic E-state index is -0.565. The van der Waals surface area contributed by atoms with Crippen molar-refractivity contribution in [2.24, 2.45) is 4.99 Å². The van der Waals surface area contributed by atoms with Gasteiger partial charge in [0.2, 0.25) is 5.95 Å². The van der Waals surface area contributed by atoms with Crippen LogP contribution in [0.4, 0.5) is 26.1 Å². The van der Waals surface area contributed by atoms with Crippen LogP contribution in [0.15, 0.2) is 41.7 Å². The van der Waals surface area contributed by atoms with Crippen molar-refractivity contribution < 1.29 is 18.3 Å². The number of nitrogens with zero attached hydrogens (tertiary/aromatic N) is 6. The van der Waals surface area contributed by atoms with Gasteiger partial charge in [-0.3, -0.25) is 19.8 Å². The normalized spacial score (nSPS) is 21.4. The Hall–Kier alpha value is -3.38. The quantitative estimate of drug-likeness (QED) is 0.466. The number of fused-ring (bicyclic) bond motifs is 1. The number of methoxy groups -OCH3 is 1. The van der Waals surface area contributed by atoms with Crippen LogP contribution in [0.25, 0.3) is 0 Å². The summed E-state index contributed by atoms with van der Waals surface area (Å²) < 4.78 is 41.0. The van der Waals surface area contributed by atoms with Crippen LogP contribution in [0.2, 0.25) is 0 Å². The molecule has 0 bridgehead atoms. The second kappa shape index (κ2) is 11.4. The molecule has 3 aliphatic rings. The van der Waals surface area contributed by atoms with Crippen molar-refractivity contribution in [2.75, 3.05) is 51.8 Å². The monoisotopic (exact) mass is 535 g/mol. The summed E-state index contributed by atoms with van der Waals surface area (Å²) in [4.78, 5) is 22.3. The number of rotatable bonds is 8. The number of halogens is 2. The largest absolute Gasteiger partial charge is 0.380 e. The third kappa shape index (κ3) is 5.81. The molecule has 1 aromatic carbocycles. The number of nitrogens with one attached hydrogen (secondary N) is 1. The van der Waals surface area contributed by atoms with Crippen LogP contribution in [0.1, 0.15) is 34.9 Å². The predicted molar refractivity (Wildman–Crippen MR) is 143 cm³/mol. The maximum Gasteiger partial charge on any atom is 0.227 e. The zero-order valence-electron chi connectivity index (χ0n) is 21.8. The highest BCUT2D eigenvalue weighted by Crippen LogP contribution is 2.36. The van der Waals surface area contributed by atoms with Crippen LogP contribution in [0, 0.1) is 11.6 Å². The van der Waals surface area contributed by atoms with Crippen LogP contribution in [-0.4, -0.2) is 83.6 Å². The highest BCUT2D eigenvalue weighted by Gasteiger charge is 2.27. The molecule has 0 amide bonds. The molecular weight excluding hydrogens is 504 g/mol. The Morgan fingerprint density at radius 3 is 2.64 bits per heavy atom. The van der Waals surface area contributed by atoms with Gasteiger partial charge in [-0.25, -0.2) is 18.7 Å². The smallest absolute Gasteiger partial charge is 0.227 e. The summed E-state index contributed by atoms with van der Waals surface area (Å²) in [6, 6.07) is 6.61. The summed E-state index contributed by atoms with van der Waals surface area (Å²) in [5.74, 6) is -1.22. The first-order valence-electron chi connectivity index (χ1n) is 13.2. The minimum Gasteiger partial charge on any atom is -0.380 e. The molecule has 3 aliphatic heterocycles. The van der Waals surface area contributed by atoms with Crippen molar-refractivity contribution >= 4 is 23.5 Å². The number of benzene rings is 1. The van der Waals surface area contributed by atoms with E-state index in [9.17, 15) is 0 Å². The van der Waals surface area contributed by atoms with Crippen molar-refractivity contribution in [2.45, 2.75) is 31.5 Å². The summed E-state index contributed by atoms with van der Waals surface area (Å²) in [5.41, 5.74) is 3.46. The van der Waals surface area contributed by atoms with E-state index in [1.54, 1.807) is 25.7 Å². The second-order valence-electron chi connectivity index (χ2n) is 10.1. The fraction of sp³-hybridized carbons (Fsp3) is 0.429. The van der Waals surface area contributed by atoms with E-state index >= 15 is 8.78 Å². The molecule has 1 N–H and O–H groups in total. The fourth-order valence-corrected chi connectivity index (χ4v) is 5.32. The van der Waals surface area contributed by atoms with Gasteiger partial charge in [-0.2, -0.15) is 0 Å². The topological polar surface area (TPSA) is 88.0 Å². The van der Waals surface area contributed by atoms with Gasteiger partial charge in [0.1, 0.15) is 17.3 Å². The predicted octanol–water partition coefficient (Wildman–Crippen LogP) is 3.79. The minimum absolute atomic E-state index is 0.0704. The van der Waals surface area contributed by atoms with Crippen LogP contribution >= 0.6 is 0 Å². The molecule has 0 radical (unpaired) electrons. The molecule has 2 saturated heterocycles. The number of aromatic nitrogens is 3. The lowest BCUT2D eigenvalue weighted by atomic mass is 9.95. The summed E-state index contributed by atoms with van der Waals surface area (Å²) in [5, 5.41) is 3.24. The molecule has 9 nitrogen and oxygen atoms in total. The van der Waals surface area contributed by atoms with E-state index in [0.29, 0.717) is 49.2 Å². The van der Waals surface area contributed by atoms with Crippen molar-refractivity contribution in [3.63, 3.8) is 0 Å². The summed E-state index contributed by atoms with van der Waals surface area (Å²) in [7, 11) is 1.75. The van der Waals surface area contributed by atoms with E-state index in [2.05, 4.69) is 30.2 Å². The number of anilines is 2. The maximum absolute atomic E-state index is 15.1. The molecule has 204 valence electrons. The fourth-order valence-electron chi connectivity index (χ4n) is 5.32. The number of likely N-dealkylation sites (tertiary alicyclic amines) is 1.